The van der Waals surface area contributed by atoms with E-state index in [1.807, 2.05) is 0 Å². The Morgan fingerprint density at radius 3 is 2.58 bits per heavy atom. The molecule has 3 aromatic rings. The average Bonchev–Trinajstić information content (AvgIpc) is 2.59. The topological polar surface area (TPSA) is 61.2 Å². The zero-order chi connectivity index (χ0) is 17.3. The number of halogens is 1. The van der Waals surface area contributed by atoms with Crippen LogP contribution in [0.4, 0.5) is 4.39 Å². The van der Waals surface area contributed by atoms with Gasteiger partial charge in [0.25, 0.3) is 5.56 Å². The van der Waals surface area contributed by atoms with Gasteiger partial charge < -0.3 is 9.30 Å². The predicted molar refractivity (Wildman–Crippen MR) is 88.3 cm³/mol. The molecular weight excluding hydrogens is 311 g/mol. The van der Waals surface area contributed by atoms with Crippen molar-refractivity contribution in [1.29, 1.82) is 0 Å². The molecule has 2 aromatic heterocycles. The zero-order valence-electron chi connectivity index (χ0n) is 13.2. The van der Waals surface area contributed by atoms with Crippen molar-refractivity contribution in [2.75, 3.05) is 6.61 Å². The first kappa shape index (κ1) is 15.9. The third kappa shape index (κ3) is 2.56. The largest absolute Gasteiger partial charge is 0.461 e. The van der Waals surface area contributed by atoms with E-state index < -0.39 is 5.97 Å². The highest BCUT2D eigenvalue weighted by Crippen LogP contribution is 2.30. The number of hydrogen-bond acceptors (Lipinski definition) is 4. The van der Waals surface area contributed by atoms with Crippen LogP contribution >= 0.6 is 0 Å². The van der Waals surface area contributed by atoms with Crippen molar-refractivity contribution in [3.8, 4) is 11.1 Å². The molecule has 0 fully saturated rings. The number of ether oxygens (including phenoxy) is 1. The number of aromatic nitrogens is 2. The maximum Gasteiger partial charge on any atom is 0.355 e. The van der Waals surface area contributed by atoms with Crippen LogP contribution in [0.1, 0.15) is 17.4 Å². The van der Waals surface area contributed by atoms with Crippen LogP contribution in [0.25, 0.3) is 21.9 Å². The molecule has 0 saturated heterocycles. The molecule has 2 heterocycles. The summed E-state index contributed by atoms with van der Waals surface area (Å²) in [6.45, 7) is 1.87. The molecule has 0 amide bonds. The Kier molecular flexibility index (Phi) is 4.12. The van der Waals surface area contributed by atoms with E-state index in [0.29, 0.717) is 21.9 Å². The smallest absolute Gasteiger partial charge is 0.355 e. The van der Waals surface area contributed by atoms with Gasteiger partial charge in [0.05, 0.1) is 12.0 Å². The molecule has 0 aliphatic heterocycles. The molecule has 0 spiro atoms. The molecule has 1 aromatic carbocycles. The Labute approximate surface area is 137 Å². The van der Waals surface area contributed by atoms with Gasteiger partial charge in [-0.25, -0.2) is 9.18 Å². The van der Waals surface area contributed by atoms with Crippen molar-refractivity contribution in [2.45, 2.75) is 6.92 Å². The van der Waals surface area contributed by atoms with E-state index in [1.165, 1.54) is 36.1 Å². The number of pyridine rings is 2. The van der Waals surface area contributed by atoms with E-state index in [9.17, 15) is 14.0 Å². The normalized spacial score (nSPS) is 10.8. The first-order chi connectivity index (χ1) is 11.5. The number of benzene rings is 1. The molecule has 0 saturated carbocycles. The number of rotatable bonds is 3. The van der Waals surface area contributed by atoms with Crippen LogP contribution in [0.3, 0.4) is 0 Å². The molecule has 24 heavy (non-hydrogen) atoms. The molecule has 3 rings (SSSR count). The second kappa shape index (κ2) is 6.23. The van der Waals surface area contributed by atoms with E-state index >= 15 is 0 Å². The van der Waals surface area contributed by atoms with Crippen molar-refractivity contribution < 1.29 is 13.9 Å². The zero-order valence-corrected chi connectivity index (χ0v) is 13.2. The number of nitrogens with zero attached hydrogens (tertiary/aromatic N) is 2. The summed E-state index contributed by atoms with van der Waals surface area (Å²) < 4.78 is 19.6. The van der Waals surface area contributed by atoms with E-state index in [0.717, 1.165) is 0 Å². The lowest BCUT2D eigenvalue weighted by Crippen LogP contribution is -2.26. The van der Waals surface area contributed by atoms with E-state index in [-0.39, 0.29) is 23.7 Å². The van der Waals surface area contributed by atoms with E-state index in [2.05, 4.69) is 4.98 Å². The molecule has 0 atom stereocenters. The third-order valence-electron chi connectivity index (χ3n) is 3.80. The fourth-order valence-electron chi connectivity index (χ4n) is 2.70. The molecule has 0 N–H and O–H groups in total. The molecule has 0 radical (unpaired) electrons. The highest BCUT2D eigenvalue weighted by atomic mass is 19.1. The van der Waals surface area contributed by atoms with Crippen LogP contribution in [0.5, 0.6) is 0 Å². The minimum absolute atomic E-state index is 0.119. The fraction of sp³-hybridized carbons (Fsp3) is 0.167. The van der Waals surface area contributed by atoms with Crippen LogP contribution in [0.2, 0.25) is 0 Å². The lowest BCUT2D eigenvalue weighted by atomic mass is 9.98. The molecule has 6 heteroatoms. The van der Waals surface area contributed by atoms with Gasteiger partial charge in [-0.15, -0.1) is 0 Å². The van der Waals surface area contributed by atoms with Crippen molar-refractivity contribution in [2.24, 2.45) is 7.05 Å². The lowest BCUT2D eigenvalue weighted by Gasteiger charge is -2.16. The van der Waals surface area contributed by atoms with Gasteiger partial charge in [-0.3, -0.25) is 9.78 Å². The molecule has 0 aliphatic rings. The summed E-state index contributed by atoms with van der Waals surface area (Å²) >= 11 is 0. The highest BCUT2D eigenvalue weighted by molar-refractivity contribution is 6.06. The SMILES string of the molecule is CCOC(=O)c1c(-c2ccc(F)cc2)c2cnccc2c(=O)n1C. The highest BCUT2D eigenvalue weighted by Gasteiger charge is 2.22. The van der Waals surface area contributed by atoms with Gasteiger partial charge in [-0.2, -0.15) is 0 Å². The molecule has 0 bridgehead atoms. The van der Waals surface area contributed by atoms with Crippen LogP contribution in [-0.2, 0) is 11.8 Å². The standard InChI is InChI=1S/C18H15FN2O3/c1-3-24-18(23)16-15(11-4-6-12(19)7-5-11)14-10-20-9-8-13(14)17(22)21(16)2/h4-10H,3H2,1-2H3. The molecular formula is C18H15FN2O3. The first-order valence-electron chi connectivity index (χ1n) is 7.44. The Balaban J connectivity index is 2.45. The Morgan fingerprint density at radius 1 is 1.21 bits per heavy atom. The van der Waals surface area contributed by atoms with Crippen molar-refractivity contribution in [1.82, 2.24) is 9.55 Å². The van der Waals surface area contributed by atoms with Crippen molar-refractivity contribution in [3.05, 3.63) is 64.6 Å². The summed E-state index contributed by atoms with van der Waals surface area (Å²) in [7, 11) is 1.52. The maximum absolute atomic E-state index is 13.3. The van der Waals surface area contributed by atoms with E-state index in [4.69, 9.17) is 4.74 Å². The lowest BCUT2D eigenvalue weighted by molar-refractivity contribution is 0.0515. The van der Waals surface area contributed by atoms with Gasteiger partial charge in [0.1, 0.15) is 11.5 Å². The van der Waals surface area contributed by atoms with Crippen molar-refractivity contribution in [3.63, 3.8) is 0 Å². The Hall–Kier alpha value is -3.02. The van der Waals surface area contributed by atoms with Crippen LogP contribution < -0.4 is 5.56 Å². The summed E-state index contributed by atoms with van der Waals surface area (Å²) in [5.74, 6) is -0.995. The summed E-state index contributed by atoms with van der Waals surface area (Å²) in [5.41, 5.74) is 0.905. The second-order valence-corrected chi connectivity index (χ2v) is 5.24. The van der Waals surface area contributed by atoms with Crippen LogP contribution in [0.15, 0.2) is 47.5 Å². The summed E-state index contributed by atoms with van der Waals surface area (Å²) in [6.07, 6.45) is 3.04. The van der Waals surface area contributed by atoms with Gasteiger partial charge in [-0.05, 0) is 30.7 Å². The minimum atomic E-state index is -0.609. The summed E-state index contributed by atoms with van der Waals surface area (Å²) in [6, 6.07) is 7.32. The monoisotopic (exact) mass is 326 g/mol. The average molecular weight is 326 g/mol. The van der Waals surface area contributed by atoms with Crippen LogP contribution in [-0.4, -0.2) is 22.1 Å². The Bertz CT molecular complexity index is 978. The number of carbonyl (C=O) groups is 1. The molecule has 0 aliphatic carbocycles. The first-order valence-corrected chi connectivity index (χ1v) is 7.44. The number of hydrogen-bond donors (Lipinski definition) is 0. The molecule has 5 nitrogen and oxygen atoms in total. The number of fused-ring (bicyclic) bond motifs is 1. The van der Waals surface area contributed by atoms with Gasteiger partial charge in [0, 0.05) is 30.4 Å². The van der Waals surface area contributed by atoms with E-state index in [1.54, 1.807) is 25.1 Å². The molecule has 0 unspecified atom stereocenters. The van der Waals surface area contributed by atoms with Crippen molar-refractivity contribution >= 4 is 16.7 Å². The van der Waals surface area contributed by atoms with Gasteiger partial charge in [0.2, 0.25) is 0 Å². The Morgan fingerprint density at radius 2 is 1.92 bits per heavy atom. The second-order valence-electron chi connectivity index (χ2n) is 5.24. The van der Waals surface area contributed by atoms with Gasteiger partial charge in [-0.1, -0.05) is 12.1 Å². The predicted octanol–water partition coefficient (Wildman–Crippen LogP) is 2.92. The van der Waals surface area contributed by atoms with Gasteiger partial charge in [0.15, 0.2) is 0 Å². The third-order valence-corrected chi connectivity index (χ3v) is 3.80. The minimum Gasteiger partial charge on any atom is -0.461 e. The summed E-state index contributed by atoms with van der Waals surface area (Å²) in [5, 5.41) is 0.954. The number of carbonyl (C=O) groups excluding carboxylic acids is 1. The number of esters is 1. The molecule has 122 valence electrons. The summed E-state index contributed by atoms with van der Waals surface area (Å²) in [4.78, 5) is 29.1. The van der Waals surface area contributed by atoms with Crippen LogP contribution in [0, 0.1) is 5.82 Å². The van der Waals surface area contributed by atoms with Gasteiger partial charge >= 0.3 is 5.97 Å². The maximum atomic E-state index is 13.3. The quantitative estimate of drug-likeness (QED) is 0.694. The fourth-order valence-corrected chi connectivity index (χ4v) is 2.70.